The SMILES string of the molecule is CC(=O)Oc1ccc(-c2nc(NN)nc(=O)[nH]2)cc1OC(C)=O. The first-order valence-electron chi connectivity index (χ1n) is 6.35. The molecule has 0 radical (unpaired) electrons. The molecule has 2 rings (SSSR count). The van der Waals surface area contributed by atoms with Crippen LogP contribution in [0.2, 0.25) is 0 Å². The van der Waals surface area contributed by atoms with Gasteiger partial charge >= 0.3 is 17.6 Å². The van der Waals surface area contributed by atoms with Crippen LogP contribution in [0.3, 0.4) is 0 Å². The van der Waals surface area contributed by atoms with Crippen LogP contribution in [-0.4, -0.2) is 26.9 Å². The number of esters is 2. The number of carbonyl (C=O) groups excluding carboxylic acids is 2. The van der Waals surface area contributed by atoms with Crippen LogP contribution in [0.25, 0.3) is 11.4 Å². The number of aromatic nitrogens is 3. The maximum Gasteiger partial charge on any atom is 0.349 e. The molecule has 0 aliphatic carbocycles. The number of aromatic amines is 1. The smallest absolute Gasteiger partial charge is 0.349 e. The van der Waals surface area contributed by atoms with E-state index in [0.717, 1.165) is 0 Å². The van der Waals surface area contributed by atoms with Gasteiger partial charge in [0, 0.05) is 19.4 Å². The van der Waals surface area contributed by atoms with Gasteiger partial charge in [-0.25, -0.2) is 10.6 Å². The Morgan fingerprint density at radius 2 is 1.78 bits per heavy atom. The fraction of sp³-hybridized carbons (Fsp3) is 0.154. The molecular weight excluding hydrogens is 306 g/mol. The van der Waals surface area contributed by atoms with E-state index in [9.17, 15) is 14.4 Å². The highest BCUT2D eigenvalue weighted by Crippen LogP contribution is 2.31. The first kappa shape index (κ1) is 16.1. The second-order valence-corrected chi connectivity index (χ2v) is 4.32. The van der Waals surface area contributed by atoms with E-state index in [2.05, 4.69) is 20.4 Å². The Morgan fingerprint density at radius 1 is 1.13 bits per heavy atom. The van der Waals surface area contributed by atoms with Crippen LogP contribution in [0.15, 0.2) is 23.0 Å². The lowest BCUT2D eigenvalue weighted by molar-refractivity contribution is -0.134. The van der Waals surface area contributed by atoms with E-state index in [4.69, 9.17) is 15.3 Å². The monoisotopic (exact) mass is 319 g/mol. The minimum Gasteiger partial charge on any atom is -0.423 e. The molecule has 4 N–H and O–H groups in total. The summed E-state index contributed by atoms with van der Waals surface area (Å²) < 4.78 is 9.96. The number of rotatable bonds is 4. The van der Waals surface area contributed by atoms with E-state index in [1.807, 2.05) is 0 Å². The molecule has 0 bridgehead atoms. The third kappa shape index (κ3) is 4.11. The van der Waals surface area contributed by atoms with Gasteiger partial charge in [0.2, 0.25) is 5.95 Å². The Balaban J connectivity index is 2.51. The molecule has 0 aliphatic heterocycles. The van der Waals surface area contributed by atoms with E-state index >= 15 is 0 Å². The maximum absolute atomic E-state index is 11.5. The fourth-order valence-electron chi connectivity index (χ4n) is 1.71. The van der Waals surface area contributed by atoms with Gasteiger partial charge in [-0.15, -0.1) is 0 Å². The standard InChI is InChI=1S/C13H13N5O5/c1-6(19)22-9-4-3-8(5-10(9)23-7(2)20)11-15-12(18-14)17-13(21)16-11/h3-5H,14H2,1-2H3,(H2,15,16,17,18,21). The Morgan fingerprint density at radius 3 is 2.39 bits per heavy atom. The fourth-order valence-corrected chi connectivity index (χ4v) is 1.71. The van der Waals surface area contributed by atoms with E-state index in [1.165, 1.54) is 32.0 Å². The highest BCUT2D eigenvalue weighted by Gasteiger charge is 2.13. The van der Waals surface area contributed by atoms with Crippen LogP contribution in [-0.2, 0) is 9.59 Å². The average Bonchev–Trinajstić information content (AvgIpc) is 2.47. The summed E-state index contributed by atoms with van der Waals surface area (Å²) in [6.45, 7) is 2.42. The number of anilines is 1. The van der Waals surface area contributed by atoms with Gasteiger partial charge in [-0.1, -0.05) is 0 Å². The normalized spacial score (nSPS) is 10.0. The molecule has 1 aromatic carbocycles. The predicted molar refractivity (Wildman–Crippen MR) is 78.5 cm³/mol. The van der Waals surface area contributed by atoms with Gasteiger partial charge in [-0.3, -0.25) is 20.0 Å². The van der Waals surface area contributed by atoms with Crippen molar-refractivity contribution >= 4 is 17.9 Å². The molecule has 10 nitrogen and oxygen atoms in total. The summed E-state index contributed by atoms with van der Waals surface area (Å²) in [5.41, 5.74) is 1.90. The number of carbonyl (C=O) groups is 2. The number of H-pyrrole nitrogens is 1. The van der Waals surface area contributed by atoms with E-state index < -0.39 is 17.6 Å². The number of nitrogens with zero attached hydrogens (tertiary/aromatic N) is 2. The molecule has 1 heterocycles. The Bertz CT molecular complexity index is 817. The maximum atomic E-state index is 11.5. The Hall–Kier alpha value is -3.27. The molecule has 0 amide bonds. The lowest BCUT2D eigenvalue weighted by Crippen LogP contribution is -2.19. The first-order valence-corrected chi connectivity index (χ1v) is 6.35. The van der Waals surface area contributed by atoms with Crippen molar-refractivity contribution in [2.45, 2.75) is 13.8 Å². The van der Waals surface area contributed by atoms with Crippen LogP contribution in [0.4, 0.5) is 5.95 Å². The summed E-state index contributed by atoms with van der Waals surface area (Å²) in [7, 11) is 0. The van der Waals surface area contributed by atoms with Gasteiger partial charge in [-0.05, 0) is 18.2 Å². The van der Waals surface area contributed by atoms with Crippen LogP contribution >= 0.6 is 0 Å². The van der Waals surface area contributed by atoms with Gasteiger partial charge in [0.15, 0.2) is 11.5 Å². The van der Waals surface area contributed by atoms with Crippen LogP contribution in [0, 0.1) is 0 Å². The summed E-state index contributed by atoms with van der Waals surface area (Å²) >= 11 is 0. The Labute approximate surface area is 129 Å². The summed E-state index contributed by atoms with van der Waals surface area (Å²) in [4.78, 5) is 43.6. The zero-order valence-electron chi connectivity index (χ0n) is 12.2. The number of hydrogen-bond acceptors (Lipinski definition) is 9. The second-order valence-electron chi connectivity index (χ2n) is 4.32. The summed E-state index contributed by atoms with van der Waals surface area (Å²) in [5.74, 6) is 4.14. The van der Waals surface area contributed by atoms with Crippen molar-refractivity contribution in [1.29, 1.82) is 0 Å². The summed E-state index contributed by atoms with van der Waals surface area (Å²) in [5, 5.41) is 0. The number of ether oxygens (including phenoxy) is 2. The topological polar surface area (TPSA) is 149 Å². The van der Waals surface area contributed by atoms with Gasteiger partial charge in [0.1, 0.15) is 5.82 Å². The van der Waals surface area contributed by atoms with Crippen LogP contribution < -0.4 is 26.4 Å². The highest BCUT2D eigenvalue weighted by atomic mass is 16.6. The largest absolute Gasteiger partial charge is 0.423 e. The number of nitrogen functional groups attached to an aromatic ring is 1. The molecule has 2 aromatic rings. The van der Waals surface area contributed by atoms with Crippen molar-refractivity contribution in [2.75, 3.05) is 5.43 Å². The molecule has 0 spiro atoms. The van der Waals surface area contributed by atoms with Gasteiger partial charge in [0.25, 0.3) is 0 Å². The summed E-state index contributed by atoms with van der Waals surface area (Å²) in [6, 6.07) is 4.31. The average molecular weight is 319 g/mol. The van der Waals surface area contributed by atoms with Gasteiger partial charge < -0.3 is 9.47 Å². The van der Waals surface area contributed by atoms with Crippen molar-refractivity contribution in [2.24, 2.45) is 5.84 Å². The predicted octanol–water partition coefficient (Wildman–Crippen LogP) is -0.0319. The molecule has 120 valence electrons. The molecule has 0 saturated heterocycles. The summed E-state index contributed by atoms with van der Waals surface area (Å²) in [6.07, 6.45) is 0. The third-order valence-corrected chi connectivity index (χ3v) is 2.50. The Kier molecular flexibility index (Phi) is 4.66. The molecule has 1 aromatic heterocycles. The number of benzene rings is 1. The molecule has 10 heteroatoms. The highest BCUT2D eigenvalue weighted by molar-refractivity contribution is 5.75. The minimum atomic E-state index is -0.666. The number of hydrazine groups is 1. The molecule has 0 saturated carbocycles. The van der Waals surface area contributed by atoms with Crippen LogP contribution in [0.5, 0.6) is 11.5 Å². The van der Waals surface area contributed by atoms with Gasteiger partial charge in [-0.2, -0.15) is 9.97 Å². The minimum absolute atomic E-state index is 0.00641. The van der Waals surface area contributed by atoms with E-state index in [-0.39, 0.29) is 23.3 Å². The molecule has 0 atom stereocenters. The number of nitrogens with one attached hydrogen (secondary N) is 2. The number of nitrogens with two attached hydrogens (primary N) is 1. The molecule has 0 unspecified atom stereocenters. The van der Waals surface area contributed by atoms with Crippen molar-refractivity contribution in [3.05, 3.63) is 28.7 Å². The third-order valence-electron chi connectivity index (χ3n) is 2.50. The molecule has 0 fully saturated rings. The lowest BCUT2D eigenvalue weighted by atomic mass is 10.2. The van der Waals surface area contributed by atoms with Crippen molar-refractivity contribution in [3.63, 3.8) is 0 Å². The lowest BCUT2D eigenvalue weighted by Gasteiger charge is -2.10. The number of hydrogen-bond donors (Lipinski definition) is 3. The van der Waals surface area contributed by atoms with Crippen molar-refractivity contribution in [3.8, 4) is 22.9 Å². The van der Waals surface area contributed by atoms with Crippen LogP contribution in [0.1, 0.15) is 13.8 Å². The zero-order valence-corrected chi connectivity index (χ0v) is 12.2. The molecule has 0 aliphatic rings. The second kappa shape index (κ2) is 6.66. The quantitative estimate of drug-likeness (QED) is 0.305. The molecular formula is C13H13N5O5. The molecule has 23 heavy (non-hydrogen) atoms. The van der Waals surface area contributed by atoms with E-state index in [1.54, 1.807) is 0 Å². The van der Waals surface area contributed by atoms with Crippen molar-refractivity contribution in [1.82, 2.24) is 15.0 Å². The zero-order chi connectivity index (χ0) is 17.0. The van der Waals surface area contributed by atoms with Gasteiger partial charge in [0.05, 0.1) is 0 Å². The van der Waals surface area contributed by atoms with E-state index in [0.29, 0.717) is 5.56 Å². The van der Waals surface area contributed by atoms with Crippen molar-refractivity contribution < 1.29 is 19.1 Å². The first-order chi connectivity index (χ1) is 10.9.